The van der Waals surface area contributed by atoms with Crippen LogP contribution in [0.1, 0.15) is 24.8 Å². The molecule has 1 N–H and O–H groups in total. The van der Waals surface area contributed by atoms with Crippen LogP contribution in [0.15, 0.2) is 48.5 Å². The Morgan fingerprint density at radius 3 is 1.95 bits per heavy atom. The van der Waals surface area contributed by atoms with Crippen molar-refractivity contribution in [1.29, 1.82) is 0 Å². The molecule has 102 valence electrons. The third-order valence-corrected chi connectivity index (χ3v) is 3.78. The van der Waals surface area contributed by atoms with Gasteiger partial charge in [-0.15, -0.1) is 0 Å². The average molecular weight is 265 g/mol. The second kappa shape index (κ2) is 6.02. The molecule has 3 rings (SSSR count). The smallest absolute Gasteiger partial charge is 0.0712 e. The lowest BCUT2D eigenvalue weighted by molar-refractivity contribution is 0.283. The molecule has 0 spiro atoms. The second-order valence-electron chi connectivity index (χ2n) is 5.16. The van der Waals surface area contributed by atoms with Crippen molar-refractivity contribution in [2.75, 3.05) is 6.61 Å². The molecule has 0 fully saturated rings. The van der Waals surface area contributed by atoms with Crippen LogP contribution in [0.2, 0.25) is 0 Å². The van der Waals surface area contributed by atoms with Crippen LogP contribution < -0.4 is 0 Å². The molecule has 0 aliphatic carbocycles. The first-order valence-electron chi connectivity index (χ1n) is 7.27. The van der Waals surface area contributed by atoms with Crippen LogP contribution in [-0.4, -0.2) is 16.7 Å². The molecule has 1 aromatic heterocycles. The normalized spacial score (nSPS) is 11.2. The van der Waals surface area contributed by atoms with Gasteiger partial charge in [0.1, 0.15) is 0 Å². The summed E-state index contributed by atoms with van der Waals surface area (Å²) in [4.78, 5) is 4.74. The van der Waals surface area contributed by atoms with Crippen molar-refractivity contribution in [3.63, 3.8) is 0 Å². The highest BCUT2D eigenvalue weighted by molar-refractivity contribution is 5.97. The van der Waals surface area contributed by atoms with E-state index >= 15 is 0 Å². The van der Waals surface area contributed by atoms with Gasteiger partial charge < -0.3 is 5.11 Å². The third-order valence-electron chi connectivity index (χ3n) is 3.78. The van der Waals surface area contributed by atoms with Crippen LogP contribution in [0.4, 0.5) is 0 Å². The minimum Gasteiger partial charge on any atom is -0.396 e. The fourth-order valence-corrected chi connectivity index (χ4v) is 2.79. The number of fused-ring (bicyclic) bond motifs is 2. The lowest BCUT2D eigenvalue weighted by Gasteiger charge is -2.10. The highest BCUT2D eigenvalue weighted by Gasteiger charge is 2.07. The molecule has 0 amide bonds. The van der Waals surface area contributed by atoms with Gasteiger partial charge in [0.05, 0.1) is 11.0 Å². The van der Waals surface area contributed by atoms with Crippen molar-refractivity contribution >= 4 is 21.8 Å². The Morgan fingerprint density at radius 2 is 1.35 bits per heavy atom. The van der Waals surface area contributed by atoms with Crippen molar-refractivity contribution in [2.24, 2.45) is 0 Å². The lowest BCUT2D eigenvalue weighted by atomic mass is 9.98. The monoisotopic (exact) mass is 265 g/mol. The Labute approximate surface area is 119 Å². The second-order valence-corrected chi connectivity index (χ2v) is 5.16. The molecule has 2 nitrogen and oxygen atoms in total. The molecule has 0 saturated heterocycles. The number of aryl methyl sites for hydroxylation is 1. The van der Waals surface area contributed by atoms with E-state index in [1.807, 2.05) is 12.1 Å². The number of rotatable bonds is 5. The Bertz CT molecular complexity index is 667. The number of aliphatic hydroxyl groups excluding tert-OH is 1. The van der Waals surface area contributed by atoms with Gasteiger partial charge in [-0.1, -0.05) is 42.8 Å². The first-order valence-corrected chi connectivity index (χ1v) is 7.27. The predicted octanol–water partition coefficient (Wildman–Crippen LogP) is 4.09. The summed E-state index contributed by atoms with van der Waals surface area (Å²) in [5.41, 5.74) is 3.54. The Kier molecular flexibility index (Phi) is 3.93. The van der Waals surface area contributed by atoms with E-state index in [0.29, 0.717) is 0 Å². The number of aromatic nitrogens is 1. The molecular weight excluding hydrogens is 246 g/mol. The van der Waals surface area contributed by atoms with E-state index in [2.05, 4.69) is 36.4 Å². The van der Waals surface area contributed by atoms with E-state index in [0.717, 1.165) is 36.7 Å². The molecule has 3 aromatic rings. The van der Waals surface area contributed by atoms with Gasteiger partial charge in [-0.3, -0.25) is 0 Å². The van der Waals surface area contributed by atoms with Crippen molar-refractivity contribution < 1.29 is 5.11 Å². The van der Waals surface area contributed by atoms with Crippen molar-refractivity contribution in [1.82, 2.24) is 4.98 Å². The molecule has 0 unspecified atom stereocenters. The van der Waals surface area contributed by atoms with Crippen LogP contribution in [0, 0.1) is 0 Å². The zero-order valence-corrected chi connectivity index (χ0v) is 11.5. The highest BCUT2D eigenvalue weighted by atomic mass is 16.2. The summed E-state index contributed by atoms with van der Waals surface area (Å²) >= 11 is 0. The van der Waals surface area contributed by atoms with Gasteiger partial charge in [-0.05, 0) is 37.0 Å². The fraction of sp³-hybridized carbons (Fsp3) is 0.278. The van der Waals surface area contributed by atoms with Gasteiger partial charge in [0.25, 0.3) is 0 Å². The Balaban J connectivity index is 2.08. The number of unbranched alkanes of at least 4 members (excludes halogenated alkanes) is 2. The first-order chi connectivity index (χ1) is 9.90. The number of aliphatic hydroxyl groups is 1. The molecule has 2 aromatic carbocycles. The van der Waals surface area contributed by atoms with Crippen molar-refractivity contribution in [3.8, 4) is 0 Å². The third kappa shape index (κ3) is 2.52. The van der Waals surface area contributed by atoms with Crippen LogP contribution in [-0.2, 0) is 6.42 Å². The average Bonchev–Trinajstić information content (AvgIpc) is 2.50. The summed E-state index contributed by atoms with van der Waals surface area (Å²) in [6, 6.07) is 16.7. The van der Waals surface area contributed by atoms with Crippen molar-refractivity contribution in [2.45, 2.75) is 25.7 Å². The van der Waals surface area contributed by atoms with E-state index in [1.165, 1.54) is 16.3 Å². The largest absolute Gasteiger partial charge is 0.396 e. The zero-order chi connectivity index (χ0) is 13.8. The Morgan fingerprint density at radius 1 is 0.750 bits per heavy atom. The summed E-state index contributed by atoms with van der Waals surface area (Å²) in [5.74, 6) is 0. The fourth-order valence-electron chi connectivity index (χ4n) is 2.79. The quantitative estimate of drug-likeness (QED) is 0.556. The number of hydrogen-bond acceptors (Lipinski definition) is 2. The van der Waals surface area contributed by atoms with Gasteiger partial charge >= 0.3 is 0 Å². The molecule has 0 aliphatic rings. The molecule has 0 aliphatic heterocycles. The van der Waals surface area contributed by atoms with Crippen LogP contribution >= 0.6 is 0 Å². The number of benzene rings is 2. The topological polar surface area (TPSA) is 33.1 Å². The maximum atomic E-state index is 8.90. The molecule has 20 heavy (non-hydrogen) atoms. The SMILES string of the molecule is OCCCCCc1c2ccccc2nc2ccccc12. The summed E-state index contributed by atoms with van der Waals surface area (Å²) in [7, 11) is 0. The summed E-state index contributed by atoms with van der Waals surface area (Å²) in [5, 5.41) is 11.4. The minimum atomic E-state index is 0.290. The number of nitrogens with zero attached hydrogens (tertiary/aromatic N) is 1. The van der Waals surface area contributed by atoms with E-state index in [4.69, 9.17) is 10.1 Å². The maximum absolute atomic E-state index is 8.90. The lowest BCUT2D eigenvalue weighted by Crippen LogP contribution is -1.94. The number of pyridine rings is 1. The summed E-state index contributed by atoms with van der Waals surface area (Å²) in [6.07, 6.45) is 4.12. The molecule has 0 radical (unpaired) electrons. The van der Waals surface area contributed by atoms with E-state index in [-0.39, 0.29) is 6.61 Å². The maximum Gasteiger partial charge on any atom is 0.0712 e. The molecule has 2 heteroatoms. The van der Waals surface area contributed by atoms with Gasteiger partial charge in [0.2, 0.25) is 0 Å². The highest BCUT2D eigenvalue weighted by Crippen LogP contribution is 2.27. The minimum absolute atomic E-state index is 0.290. The molecule has 0 bridgehead atoms. The molecule has 1 heterocycles. The first kappa shape index (κ1) is 13.1. The molecular formula is C18H19NO. The van der Waals surface area contributed by atoms with E-state index < -0.39 is 0 Å². The van der Waals surface area contributed by atoms with Crippen LogP contribution in [0.5, 0.6) is 0 Å². The van der Waals surface area contributed by atoms with E-state index in [9.17, 15) is 0 Å². The zero-order valence-electron chi connectivity index (χ0n) is 11.5. The van der Waals surface area contributed by atoms with Gasteiger partial charge in [-0.25, -0.2) is 4.98 Å². The van der Waals surface area contributed by atoms with Gasteiger partial charge in [0, 0.05) is 17.4 Å². The summed E-state index contributed by atoms with van der Waals surface area (Å²) in [6.45, 7) is 0.290. The van der Waals surface area contributed by atoms with E-state index in [1.54, 1.807) is 0 Å². The standard InChI is InChI=1S/C18H19NO/c20-13-7-1-2-8-14-15-9-3-5-11-17(15)19-18-12-6-4-10-16(14)18/h3-6,9-12,20H,1-2,7-8,13H2. The molecule has 0 atom stereocenters. The Hall–Kier alpha value is -1.93. The predicted molar refractivity (Wildman–Crippen MR) is 83.9 cm³/mol. The summed E-state index contributed by atoms with van der Waals surface area (Å²) < 4.78 is 0. The van der Waals surface area contributed by atoms with Crippen molar-refractivity contribution in [3.05, 3.63) is 54.1 Å². The van der Waals surface area contributed by atoms with Gasteiger partial charge in [0.15, 0.2) is 0 Å². The van der Waals surface area contributed by atoms with Gasteiger partial charge in [-0.2, -0.15) is 0 Å². The van der Waals surface area contributed by atoms with Crippen LogP contribution in [0.3, 0.4) is 0 Å². The number of para-hydroxylation sites is 2. The number of hydrogen-bond donors (Lipinski definition) is 1. The van der Waals surface area contributed by atoms with Crippen LogP contribution in [0.25, 0.3) is 21.8 Å². The molecule has 0 saturated carbocycles.